The molecule has 1 aromatic carbocycles. The van der Waals surface area contributed by atoms with E-state index in [2.05, 4.69) is 20.9 Å². The Morgan fingerprint density at radius 2 is 1.83 bits per heavy atom. The van der Waals surface area contributed by atoms with Crippen LogP contribution in [0.15, 0.2) is 54.7 Å². The number of benzene rings is 1. The quantitative estimate of drug-likeness (QED) is 0.757. The molecular formula is C17H20N4O2. The molecule has 0 bridgehead atoms. The highest BCUT2D eigenvalue weighted by Gasteiger charge is 2.16. The third-order valence-electron chi connectivity index (χ3n) is 3.17. The second-order valence-electron chi connectivity index (χ2n) is 4.89. The molecule has 0 saturated carbocycles. The lowest BCUT2D eigenvalue weighted by Crippen LogP contribution is -2.44. The van der Waals surface area contributed by atoms with Crippen molar-refractivity contribution >= 4 is 11.9 Å². The lowest BCUT2D eigenvalue weighted by atomic mass is 10.0. The summed E-state index contributed by atoms with van der Waals surface area (Å²) in [6, 6.07) is 14.6. The Balaban J connectivity index is 2.05. The number of nitrogens with one attached hydrogen (secondary N) is 3. The molecule has 2 rings (SSSR count). The minimum absolute atomic E-state index is 0.00721. The lowest BCUT2D eigenvalue weighted by molar-refractivity contribution is -0.119. The van der Waals surface area contributed by atoms with Gasteiger partial charge in [-0.1, -0.05) is 36.4 Å². The van der Waals surface area contributed by atoms with Gasteiger partial charge in [-0.15, -0.1) is 0 Å². The molecule has 1 atom stereocenters. The van der Waals surface area contributed by atoms with Crippen LogP contribution >= 0.6 is 0 Å². The predicted octanol–water partition coefficient (Wildman–Crippen LogP) is 1.61. The van der Waals surface area contributed by atoms with Crippen LogP contribution in [0.4, 0.5) is 4.79 Å². The van der Waals surface area contributed by atoms with Crippen LogP contribution in [-0.2, 0) is 4.79 Å². The van der Waals surface area contributed by atoms with E-state index >= 15 is 0 Å². The van der Waals surface area contributed by atoms with Crippen molar-refractivity contribution in [1.29, 1.82) is 0 Å². The number of nitrogens with zero attached hydrogens (tertiary/aromatic N) is 1. The maximum Gasteiger partial charge on any atom is 0.321 e. The van der Waals surface area contributed by atoms with Crippen LogP contribution < -0.4 is 16.0 Å². The average molecular weight is 312 g/mol. The Morgan fingerprint density at radius 1 is 1.09 bits per heavy atom. The van der Waals surface area contributed by atoms with Crippen molar-refractivity contribution in [3.63, 3.8) is 0 Å². The van der Waals surface area contributed by atoms with Gasteiger partial charge in [0.25, 0.3) is 0 Å². The molecule has 1 unspecified atom stereocenters. The van der Waals surface area contributed by atoms with E-state index < -0.39 is 11.9 Å². The Labute approximate surface area is 135 Å². The van der Waals surface area contributed by atoms with Gasteiger partial charge in [0, 0.05) is 12.7 Å². The van der Waals surface area contributed by atoms with Crippen molar-refractivity contribution in [2.75, 3.05) is 13.1 Å². The first-order valence-electron chi connectivity index (χ1n) is 7.47. The molecular weight excluding hydrogens is 292 g/mol. The molecule has 6 nitrogen and oxygen atoms in total. The fraction of sp³-hybridized carbons (Fsp3) is 0.235. The average Bonchev–Trinajstić information content (AvgIpc) is 2.57. The van der Waals surface area contributed by atoms with E-state index in [0.717, 1.165) is 11.3 Å². The van der Waals surface area contributed by atoms with Gasteiger partial charge >= 0.3 is 6.03 Å². The van der Waals surface area contributed by atoms with Gasteiger partial charge in [-0.05, 0) is 24.6 Å². The van der Waals surface area contributed by atoms with Crippen molar-refractivity contribution in [2.45, 2.75) is 13.0 Å². The normalized spacial score (nSPS) is 11.5. The Hall–Kier alpha value is -2.73. The molecule has 0 saturated heterocycles. The molecule has 6 heteroatoms. The highest BCUT2D eigenvalue weighted by molar-refractivity contribution is 5.95. The maximum atomic E-state index is 11.8. The molecule has 0 aliphatic heterocycles. The number of imide groups is 1. The van der Waals surface area contributed by atoms with Gasteiger partial charge in [0.1, 0.15) is 0 Å². The Kier molecular flexibility index (Phi) is 6.26. The molecule has 2 aromatic rings. The number of aromatic nitrogens is 1. The van der Waals surface area contributed by atoms with E-state index in [1.54, 1.807) is 13.1 Å². The highest BCUT2D eigenvalue weighted by atomic mass is 16.2. The van der Waals surface area contributed by atoms with E-state index in [-0.39, 0.29) is 12.6 Å². The summed E-state index contributed by atoms with van der Waals surface area (Å²) in [4.78, 5) is 27.5. The molecule has 1 heterocycles. The molecule has 3 N–H and O–H groups in total. The summed E-state index contributed by atoms with van der Waals surface area (Å²) in [7, 11) is 0. The SMILES string of the molecule is CCNC(=O)NC(=O)CNC(c1ccccc1)c1ccccn1. The van der Waals surface area contributed by atoms with Gasteiger partial charge in [0.15, 0.2) is 0 Å². The van der Waals surface area contributed by atoms with Gasteiger partial charge in [0.2, 0.25) is 5.91 Å². The van der Waals surface area contributed by atoms with Crippen molar-refractivity contribution in [3.05, 3.63) is 66.0 Å². The number of urea groups is 1. The predicted molar refractivity (Wildman–Crippen MR) is 87.7 cm³/mol. The van der Waals surface area contributed by atoms with Gasteiger partial charge in [-0.2, -0.15) is 0 Å². The highest BCUT2D eigenvalue weighted by Crippen LogP contribution is 2.19. The van der Waals surface area contributed by atoms with Crippen LogP contribution in [0.25, 0.3) is 0 Å². The lowest BCUT2D eigenvalue weighted by Gasteiger charge is -2.18. The number of amides is 3. The van der Waals surface area contributed by atoms with Crippen molar-refractivity contribution in [3.8, 4) is 0 Å². The smallest absolute Gasteiger partial charge is 0.321 e. The molecule has 3 amide bonds. The fourth-order valence-corrected chi connectivity index (χ4v) is 2.16. The molecule has 1 aromatic heterocycles. The molecule has 0 aliphatic carbocycles. The fourth-order valence-electron chi connectivity index (χ4n) is 2.16. The number of carbonyl (C=O) groups excluding carboxylic acids is 2. The minimum atomic E-state index is -0.492. The number of carbonyl (C=O) groups is 2. The van der Waals surface area contributed by atoms with Crippen LogP contribution in [0, 0.1) is 0 Å². The van der Waals surface area contributed by atoms with Crippen LogP contribution in [0.5, 0.6) is 0 Å². The number of hydrogen-bond donors (Lipinski definition) is 3. The van der Waals surface area contributed by atoms with Gasteiger partial charge in [0.05, 0.1) is 18.3 Å². The zero-order chi connectivity index (χ0) is 16.5. The summed E-state index contributed by atoms with van der Waals surface area (Å²) < 4.78 is 0. The number of rotatable bonds is 6. The zero-order valence-corrected chi connectivity index (χ0v) is 13.0. The summed E-state index contributed by atoms with van der Waals surface area (Å²) in [5.41, 5.74) is 1.81. The molecule has 0 fully saturated rings. The summed E-state index contributed by atoms with van der Waals surface area (Å²) in [6.07, 6.45) is 1.71. The first-order chi connectivity index (χ1) is 11.2. The molecule has 0 aliphatic rings. The van der Waals surface area contributed by atoms with Crippen LogP contribution in [0.2, 0.25) is 0 Å². The third kappa shape index (κ3) is 5.19. The second kappa shape index (κ2) is 8.65. The van der Waals surface area contributed by atoms with E-state index in [9.17, 15) is 9.59 Å². The first-order valence-corrected chi connectivity index (χ1v) is 7.47. The van der Waals surface area contributed by atoms with Gasteiger partial charge in [-0.3, -0.25) is 20.4 Å². The van der Waals surface area contributed by atoms with Crippen LogP contribution in [0.3, 0.4) is 0 Å². The molecule has 23 heavy (non-hydrogen) atoms. The summed E-state index contributed by atoms with van der Waals surface area (Å²) in [5.74, 6) is -0.396. The second-order valence-corrected chi connectivity index (χ2v) is 4.89. The summed E-state index contributed by atoms with van der Waals surface area (Å²) >= 11 is 0. The number of pyridine rings is 1. The van der Waals surface area contributed by atoms with Crippen molar-refractivity contribution in [2.24, 2.45) is 0 Å². The number of hydrogen-bond acceptors (Lipinski definition) is 4. The van der Waals surface area contributed by atoms with Gasteiger partial charge in [-0.25, -0.2) is 4.79 Å². The Bertz CT molecular complexity index is 592. The van der Waals surface area contributed by atoms with Gasteiger partial charge < -0.3 is 5.32 Å². The molecule has 0 radical (unpaired) electrons. The summed E-state index contributed by atoms with van der Waals surface area (Å²) in [5, 5.41) is 7.93. The standard InChI is InChI=1S/C17H20N4O2/c1-2-18-17(23)21-15(22)12-20-16(13-8-4-3-5-9-13)14-10-6-7-11-19-14/h3-11,16,20H,2,12H2,1H3,(H2,18,21,22,23). The van der Waals surface area contributed by atoms with E-state index in [1.165, 1.54) is 0 Å². The van der Waals surface area contributed by atoms with E-state index in [4.69, 9.17) is 0 Å². The van der Waals surface area contributed by atoms with E-state index in [0.29, 0.717) is 6.54 Å². The van der Waals surface area contributed by atoms with Crippen molar-refractivity contribution in [1.82, 2.24) is 20.9 Å². The van der Waals surface area contributed by atoms with E-state index in [1.807, 2.05) is 48.5 Å². The van der Waals surface area contributed by atoms with Crippen LogP contribution in [0.1, 0.15) is 24.2 Å². The first kappa shape index (κ1) is 16.6. The Morgan fingerprint density at radius 3 is 2.48 bits per heavy atom. The largest absolute Gasteiger partial charge is 0.338 e. The summed E-state index contributed by atoms with van der Waals surface area (Å²) in [6.45, 7) is 2.26. The molecule has 120 valence electrons. The third-order valence-corrected chi connectivity index (χ3v) is 3.17. The monoisotopic (exact) mass is 312 g/mol. The van der Waals surface area contributed by atoms with Crippen molar-refractivity contribution < 1.29 is 9.59 Å². The molecule has 0 spiro atoms. The topological polar surface area (TPSA) is 83.1 Å². The minimum Gasteiger partial charge on any atom is -0.338 e. The zero-order valence-electron chi connectivity index (χ0n) is 13.0. The van der Waals surface area contributed by atoms with Crippen LogP contribution in [-0.4, -0.2) is 30.0 Å². The maximum absolute atomic E-state index is 11.8.